The molecule has 2 rings (SSSR count). The molecular formula is C12H16BrN3O3. The summed E-state index contributed by atoms with van der Waals surface area (Å²) in [7, 11) is 0. The van der Waals surface area contributed by atoms with Gasteiger partial charge in [0.25, 0.3) is 0 Å². The fraction of sp³-hybridized carbons (Fsp3) is 0.500. The van der Waals surface area contributed by atoms with Crippen LogP contribution in [0, 0.1) is 10.1 Å². The third kappa shape index (κ3) is 3.89. The van der Waals surface area contributed by atoms with Gasteiger partial charge in [0.2, 0.25) is 5.75 Å². The summed E-state index contributed by atoms with van der Waals surface area (Å²) in [5, 5.41) is 14.2. The van der Waals surface area contributed by atoms with Crippen LogP contribution in [0.3, 0.4) is 0 Å². The summed E-state index contributed by atoms with van der Waals surface area (Å²) in [6, 6.07) is 4.82. The number of rotatable bonds is 5. The van der Waals surface area contributed by atoms with E-state index in [1.165, 1.54) is 6.07 Å². The zero-order chi connectivity index (χ0) is 13.7. The van der Waals surface area contributed by atoms with Gasteiger partial charge in [-0.25, -0.2) is 0 Å². The Kier molecular flexibility index (Phi) is 5.12. The highest BCUT2D eigenvalue weighted by Gasteiger charge is 2.18. The Morgan fingerprint density at radius 2 is 2.16 bits per heavy atom. The van der Waals surface area contributed by atoms with Crippen molar-refractivity contribution in [2.24, 2.45) is 0 Å². The van der Waals surface area contributed by atoms with E-state index in [9.17, 15) is 10.1 Å². The van der Waals surface area contributed by atoms with Crippen LogP contribution in [0.2, 0.25) is 0 Å². The molecule has 0 aliphatic carbocycles. The number of benzene rings is 1. The Labute approximate surface area is 120 Å². The van der Waals surface area contributed by atoms with Gasteiger partial charge in [0, 0.05) is 38.8 Å². The number of nitrogens with one attached hydrogen (secondary N) is 1. The van der Waals surface area contributed by atoms with Crippen molar-refractivity contribution in [3.8, 4) is 5.75 Å². The maximum atomic E-state index is 10.9. The normalized spacial score (nSPS) is 16.3. The number of halogens is 1. The van der Waals surface area contributed by atoms with Crippen molar-refractivity contribution in [1.82, 2.24) is 10.2 Å². The van der Waals surface area contributed by atoms with Crippen LogP contribution in [0.5, 0.6) is 5.75 Å². The Morgan fingerprint density at radius 3 is 2.84 bits per heavy atom. The molecule has 0 atom stereocenters. The van der Waals surface area contributed by atoms with E-state index in [4.69, 9.17) is 4.74 Å². The number of hydrogen-bond acceptors (Lipinski definition) is 5. The smallest absolute Gasteiger partial charge is 0.312 e. The lowest BCUT2D eigenvalue weighted by molar-refractivity contribution is -0.386. The predicted molar refractivity (Wildman–Crippen MR) is 75.6 cm³/mol. The molecule has 19 heavy (non-hydrogen) atoms. The molecule has 0 radical (unpaired) electrons. The molecule has 0 amide bonds. The summed E-state index contributed by atoms with van der Waals surface area (Å²) >= 11 is 3.29. The highest BCUT2D eigenvalue weighted by atomic mass is 79.9. The average molecular weight is 330 g/mol. The van der Waals surface area contributed by atoms with Gasteiger partial charge in [-0.05, 0) is 22.0 Å². The number of nitro benzene ring substituents is 1. The van der Waals surface area contributed by atoms with Crippen LogP contribution >= 0.6 is 15.9 Å². The lowest BCUT2D eigenvalue weighted by Crippen LogP contribution is -2.44. The molecule has 1 saturated heterocycles. The summed E-state index contributed by atoms with van der Waals surface area (Å²) in [5.41, 5.74) is -0.00492. The van der Waals surface area contributed by atoms with E-state index in [0.29, 0.717) is 16.8 Å². The molecule has 1 aliphatic heterocycles. The first-order chi connectivity index (χ1) is 9.18. The molecule has 6 nitrogen and oxygen atoms in total. The summed E-state index contributed by atoms with van der Waals surface area (Å²) < 4.78 is 6.19. The van der Waals surface area contributed by atoms with E-state index >= 15 is 0 Å². The fourth-order valence-electron chi connectivity index (χ4n) is 2.00. The molecule has 1 aromatic rings. The second kappa shape index (κ2) is 6.83. The SMILES string of the molecule is O=[N+]([O-])c1cccc(Br)c1OCCN1CCNCC1. The molecule has 1 aromatic carbocycles. The number of hydrogen-bond donors (Lipinski definition) is 1. The Hall–Kier alpha value is -1.18. The van der Waals surface area contributed by atoms with Gasteiger partial charge in [0.1, 0.15) is 6.61 Å². The van der Waals surface area contributed by atoms with E-state index in [1.807, 2.05) is 0 Å². The molecule has 104 valence electrons. The minimum Gasteiger partial charge on any atom is -0.485 e. The van der Waals surface area contributed by atoms with Gasteiger partial charge >= 0.3 is 5.69 Å². The van der Waals surface area contributed by atoms with Crippen molar-refractivity contribution < 1.29 is 9.66 Å². The van der Waals surface area contributed by atoms with E-state index in [-0.39, 0.29) is 5.69 Å². The molecular weight excluding hydrogens is 314 g/mol. The molecule has 0 bridgehead atoms. The van der Waals surface area contributed by atoms with Gasteiger partial charge < -0.3 is 10.1 Å². The van der Waals surface area contributed by atoms with E-state index < -0.39 is 4.92 Å². The van der Waals surface area contributed by atoms with Gasteiger partial charge in [-0.15, -0.1) is 0 Å². The lowest BCUT2D eigenvalue weighted by atomic mass is 10.3. The quantitative estimate of drug-likeness (QED) is 0.657. The molecule has 0 aromatic heterocycles. The topological polar surface area (TPSA) is 67.6 Å². The fourth-order valence-corrected chi connectivity index (χ4v) is 2.47. The van der Waals surface area contributed by atoms with Crippen molar-refractivity contribution in [3.05, 3.63) is 32.8 Å². The number of para-hydroxylation sites is 1. The summed E-state index contributed by atoms with van der Waals surface area (Å²) in [5.74, 6) is 0.308. The summed E-state index contributed by atoms with van der Waals surface area (Å²) in [6.45, 7) is 5.16. The highest BCUT2D eigenvalue weighted by Crippen LogP contribution is 2.34. The third-order valence-electron chi connectivity index (χ3n) is 3.01. The van der Waals surface area contributed by atoms with Crippen LogP contribution < -0.4 is 10.1 Å². The minimum absolute atomic E-state index is 0.00492. The predicted octanol–water partition coefficient (Wildman–Crippen LogP) is 1.64. The summed E-state index contributed by atoms with van der Waals surface area (Å²) in [6.07, 6.45) is 0. The van der Waals surface area contributed by atoms with Gasteiger partial charge in [-0.1, -0.05) is 6.07 Å². The Balaban J connectivity index is 1.93. The average Bonchev–Trinajstić information content (AvgIpc) is 2.41. The molecule has 0 spiro atoms. The summed E-state index contributed by atoms with van der Waals surface area (Å²) in [4.78, 5) is 12.8. The number of ether oxygens (including phenoxy) is 1. The largest absolute Gasteiger partial charge is 0.485 e. The van der Waals surface area contributed by atoms with Gasteiger partial charge in [0.05, 0.1) is 9.40 Å². The number of piperazine rings is 1. The van der Waals surface area contributed by atoms with Crippen LogP contribution in [0.25, 0.3) is 0 Å². The second-order valence-electron chi connectivity index (χ2n) is 4.29. The zero-order valence-electron chi connectivity index (χ0n) is 10.5. The Morgan fingerprint density at radius 1 is 1.42 bits per heavy atom. The zero-order valence-corrected chi connectivity index (χ0v) is 12.1. The Bertz CT molecular complexity index is 450. The van der Waals surface area contributed by atoms with E-state index in [0.717, 1.165) is 32.7 Å². The molecule has 7 heteroatoms. The van der Waals surface area contributed by atoms with E-state index in [2.05, 4.69) is 26.1 Å². The van der Waals surface area contributed by atoms with Crippen LogP contribution in [0.4, 0.5) is 5.69 Å². The molecule has 0 unspecified atom stereocenters. The second-order valence-corrected chi connectivity index (χ2v) is 5.14. The van der Waals surface area contributed by atoms with Crippen molar-refractivity contribution in [1.29, 1.82) is 0 Å². The highest BCUT2D eigenvalue weighted by molar-refractivity contribution is 9.10. The van der Waals surface area contributed by atoms with Crippen molar-refractivity contribution >= 4 is 21.6 Å². The maximum Gasteiger partial charge on any atom is 0.312 e. The number of nitrogens with zero attached hydrogens (tertiary/aromatic N) is 2. The lowest BCUT2D eigenvalue weighted by Gasteiger charge is -2.26. The van der Waals surface area contributed by atoms with Crippen molar-refractivity contribution in [2.45, 2.75) is 0 Å². The first kappa shape index (κ1) is 14.2. The minimum atomic E-state index is -0.426. The van der Waals surface area contributed by atoms with Gasteiger partial charge in [-0.2, -0.15) is 0 Å². The van der Waals surface area contributed by atoms with Crippen LogP contribution in [-0.2, 0) is 0 Å². The molecule has 1 aliphatic rings. The van der Waals surface area contributed by atoms with Gasteiger partial charge in [0.15, 0.2) is 0 Å². The van der Waals surface area contributed by atoms with Crippen molar-refractivity contribution in [2.75, 3.05) is 39.3 Å². The standard InChI is InChI=1S/C12H16BrN3O3/c13-10-2-1-3-11(16(17)18)12(10)19-9-8-15-6-4-14-5-7-15/h1-3,14H,4-9H2. The first-order valence-corrected chi connectivity index (χ1v) is 6.96. The first-order valence-electron chi connectivity index (χ1n) is 6.17. The van der Waals surface area contributed by atoms with Crippen molar-refractivity contribution in [3.63, 3.8) is 0 Å². The van der Waals surface area contributed by atoms with Gasteiger partial charge in [-0.3, -0.25) is 15.0 Å². The third-order valence-corrected chi connectivity index (χ3v) is 3.63. The van der Waals surface area contributed by atoms with Crippen LogP contribution in [0.1, 0.15) is 0 Å². The maximum absolute atomic E-state index is 10.9. The van der Waals surface area contributed by atoms with Crippen LogP contribution in [-0.4, -0.2) is 49.2 Å². The monoisotopic (exact) mass is 329 g/mol. The van der Waals surface area contributed by atoms with Crippen LogP contribution in [0.15, 0.2) is 22.7 Å². The number of nitro groups is 1. The molecule has 0 saturated carbocycles. The van der Waals surface area contributed by atoms with E-state index in [1.54, 1.807) is 12.1 Å². The molecule has 1 fully saturated rings. The molecule has 1 heterocycles. The molecule has 1 N–H and O–H groups in total.